The number of rotatable bonds is 5. The van der Waals surface area contributed by atoms with Crippen LogP contribution >= 0.6 is 0 Å². The number of anilines is 1. The van der Waals surface area contributed by atoms with Crippen LogP contribution in [0.2, 0.25) is 0 Å². The van der Waals surface area contributed by atoms with E-state index < -0.39 is 0 Å². The second-order valence-electron chi connectivity index (χ2n) is 4.30. The van der Waals surface area contributed by atoms with Crippen molar-refractivity contribution in [1.29, 1.82) is 0 Å². The van der Waals surface area contributed by atoms with Crippen molar-refractivity contribution in [3.05, 3.63) is 59.7 Å². The molecule has 0 aliphatic carbocycles. The van der Waals surface area contributed by atoms with Gasteiger partial charge >= 0.3 is 0 Å². The highest BCUT2D eigenvalue weighted by Gasteiger charge is 2.07. The van der Waals surface area contributed by atoms with Gasteiger partial charge in [0.05, 0.1) is 5.69 Å². The summed E-state index contributed by atoms with van der Waals surface area (Å²) < 4.78 is 5.44. The zero-order chi connectivity index (χ0) is 13.7. The molecule has 0 bridgehead atoms. The summed E-state index contributed by atoms with van der Waals surface area (Å²) in [6.45, 7) is 2.08. The van der Waals surface area contributed by atoms with Crippen LogP contribution in [-0.2, 0) is 6.42 Å². The summed E-state index contributed by atoms with van der Waals surface area (Å²) >= 11 is 0. The third kappa shape index (κ3) is 3.35. The Morgan fingerprint density at radius 2 is 1.79 bits per heavy atom. The van der Waals surface area contributed by atoms with Crippen LogP contribution in [-0.4, -0.2) is 12.4 Å². The number of ether oxygens (including phenoxy) is 1. The molecule has 0 unspecified atom stereocenters. The van der Waals surface area contributed by atoms with Crippen LogP contribution in [0.1, 0.15) is 22.8 Å². The molecule has 0 heterocycles. The summed E-state index contributed by atoms with van der Waals surface area (Å²) in [6.07, 6.45) is 0.964. The van der Waals surface area contributed by atoms with Crippen LogP contribution in [0.5, 0.6) is 5.75 Å². The number of hydrogen-bond acceptors (Lipinski definition) is 3. The molecule has 0 aliphatic rings. The lowest BCUT2D eigenvalue weighted by atomic mass is 10.1. The van der Waals surface area contributed by atoms with Gasteiger partial charge in [0.2, 0.25) is 0 Å². The standard InChI is InChI=1S/C16H17NO2/c1-2-12-7-9-13(10-8-12)15(18)11-19-16-6-4-3-5-14(16)17/h3-10H,2,11,17H2,1H3. The number of ketones is 1. The third-order valence-corrected chi connectivity index (χ3v) is 2.96. The van der Waals surface area contributed by atoms with Crippen LogP contribution in [0.15, 0.2) is 48.5 Å². The molecule has 0 aliphatic heterocycles. The zero-order valence-corrected chi connectivity index (χ0v) is 10.9. The molecule has 2 aromatic carbocycles. The number of nitrogens with two attached hydrogens (primary N) is 1. The van der Waals surface area contributed by atoms with Gasteiger partial charge in [0.15, 0.2) is 12.4 Å². The van der Waals surface area contributed by atoms with Crippen molar-refractivity contribution >= 4 is 11.5 Å². The van der Waals surface area contributed by atoms with Crippen molar-refractivity contribution in [3.63, 3.8) is 0 Å². The molecule has 0 atom stereocenters. The molecular formula is C16H17NO2. The number of carbonyl (C=O) groups is 1. The second kappa shape index (κ2) is 6.05. The largest absolute Gasteiger partial charge is 0.483 e. The fourth-order valence-corrected chi connectivity index (χ4v) is 1.76. The molecule has 0 amide bonds. The second-order valence-corrected chi connectivity index (χ2v) is 4.30. The average molecular weight is 255 g/mol. The lowest BCUT2D eigenvalue weighted by Crippen LogP contribution is -2.12. The Bertz CT molecular complexity index is 561. The molecular weight excluding hydrogens is 238 g/mol. The molecule has 2 aromatic rings. The Morgan fingerprint density at radius 1 is 1.11 bits per heavy atom. The summed E-state index contributed by atoms with van der Waals surface area (Å²) in [5.41, 5.74) is 8.16. The Hall–Kier alpha value is -2.29. The maximum Gasteiger partial charge on any atom is 0.200 e. The van der Waals surface area contributed by atoms with E-state index in [1.807, 2.05) is 36.4 Å². The SMILES string of the molecule is CCc1ccc(C(=O)COc2ccccc2N)cc1. The molecule has 19 heavy (non-hydrogen) atoms. The summed E-state index contributed by atoms with van der Waals surface area (Å²) in [4.78, 5) is 12.0. The van der Waals surface area contributed by atoms with E-state index in [1.54, 1.807) is 12.1 Å². The van der Waals surface area contributed by atoms with Gasteiger partial charge in [-0.05, 0) is 24.1 Å². The molecule has 0 fully saturated rings. The number of Topliss-reactive ketones (excluding diaryl/α,β-unsaturated/α-hetero) is 1. The molecule has 2 N–H and O–H groups in total. The topological polar surface area (TPSA) is 52.3 Å². The lowest BCUT2D eigenvalue weighted by molar-refractivity contribution is 0.0922. The fourth-order valence-electron chi connectivity index (χ4n) is 1.76. The molecule has 0 saturated carbocycles. The predicted molar refractivity (Wildman–Crippen MR) is 76.5 cm³/mol. The Balaban J connectivity index is 1.99. The maximum absolute atomic E-state index is 12.0. The lowest BCUT2D eigenvalue weighted by Gasteiger charge is -2.08. The first-order valence-corrected chi connectivity index (χ1v) is 6.30. The number of nitrogen functional groups attached to an aromatic ring is 1. The van der Waals surface area contributed by atoms with Crippen LogP contribution in [0.25, 0.3) is 0 Å². The highest BCUT2D eigenvalue weighted by Crippen LogP contribution is 2.19. The van der Waals surface area contributed by atoms with Crippen molar-refractivity contribution in [1.82, 2.24) is 0 Å². The molecule has 98 valence electrons. The molecule has 0 spiro atoms. The Labute approximate surface area is 113 Å². The monoisotopic (exact) mass is 255 g/mol. The van der Waals surface area contributed by atoms with Gasteiger partial charge in [-0.1, -0.05) is 43.3 Å². The molecule has 0 radical (unpaired) electrons. The van der Waals surface area contributed by atoms with E-state index in [-0.39, 0.29) is 12.4 Å². The van der Waals surface area contributed by atoms with Crippen LogP contribution < -0.4 is 10.5 Å². The fraction of sp³-hybridized carbons (Fsp3) is 0.188. The normalized spacial score (nSPS) is 10.2. The first-order valence-electron chi connectivity index (χ1n) is 6.30. The molecule has 3 nitrogen and oxygen atoms in total. The number of aryl methyl sites for hydroxylation is 1. The van der Waals surface area contributed by atoms with Gasteiger partial charge in [-0.2, -0.15) is 0 Å². The maximum atomic E-state index is 12.0. The smallest absolute Gasteiger partial charge is 0.200 e. The minimum Gasteiger partial charge on any atom is -0.483 e. The van der Waals surface area contributed by atoms with Gasteiger partial charge in [0, 0.05) is 5.56 Å². The van der Waals surface area contributed by atoms with Gasteiger partial charge in [-0.25, -0.2) is 0 Å². The van der Waals surface area contributed by atoms with E-state index >= 15 is 0 Å². The van der Waals surface area contributed by atoms with E-state index in [2.05, 4.69) is 6.92 Å². The summed E-state index contributed by atoms with van der Waals surface area (Å²) in [5.74, 6) is 0.493. The van der Waals surface area contributed by atoms with Crippen molar-refractivity contribution in [2.75, 3.05) is 12.3 Å². The van der Waals surface area contributed by atoms with E-state index in [0.717, 1.165) is 6.42 Å². The minimum absolute atomic E-state index is 0.000313. The molecule has 0 saturated heterocycles. The summed E-state index contributed by atoms with van der Waals surface area (Å²) in [7, 11) is 0. The predicted octanol–water partition coefficient (Wildman–Crippen LogP) is 3.09. The van der Waals surface area contributed by atoms with Gasteiger partial charge in [0.1, 0.15) is 5.75 Å². The third-order valence-electron chi connectivity index (χ3n) is 2.96. The number of carbonyl (C=O) groups excluding carboxylic acids is 1. The summed E-state index contributed by atoms with van der Waals surface area (Å²) in [5, 5.41) is 0. The van der Waals surface area contributed by atoms with Crippen molar-refractivity contribution in [3.8, 4) is 5.75 Å². The van der Waals surface area contributed by atoms with Crippen molar-refractivity contribution in [2.24, 2.45) is 0 Å². The van der Waals surface area contributed by atoms with Gasteiger partial charge in [-0.15, -0.1) is 0 Å². The van der Waals surface area contributed by atoms with Crippen LogP contribution in [0.4, 0.5) is 5.69 Å². The average Bonchev–Trinajstić information content (AvgIpc) is 2.46. The van der Waals surface area contributed by atoms with Gasteiger partial charge in [-0.3, -0.25) is 4.79 Å². The first kappa shape index (κ1) is 13.1. The Morgan fingerprint density at radius 3 is 2.42 bits per heavy atom. The Kier molecular flexibility index (Phi) is 4.18. The molecule has 2 rings (SSSR count). The van der Waals surface area contributed by atoms with E-state index in [4.69, 9.17) is 10.5 Å². The van der Waals surface area contributed by atoms with Crippen LogP contribution in [0.3, 0.4) is 0 Å². The zero-order valence-electron chi connectivity index (χ0n) is 10.9. The number of benzene rings is 2. The van der Waals surface area contributed by atoms with Gasteiger partial charge in [0.25, 0.3) is 0 Å². The van der Waals surface area contributed by atoms with Crippen molar-refractivity contribution < 1.29 is 9.53 Å². The van der Waals surface area contributed by atoms with Gasteiger partial charge < -0.3 is 10.5 Å². The quantitative estimate of drug-likeness (QED) is 0.659. The summed E-state index contributed by atoms with van der Waals surface area (Å²) in [6, 6.07) is 14.7. The number of hydrogen-bond donors (Lipinski definition) is 1. The highest BCUT2D eigenvalue weighted by atomic mass is 16.5. The van der Waals surface area contributed by atoms with E-state index in [0.29, 0.717) is 17.0 Å². The minimum atomic E-state index is -0.0501. The number of para-hydroxylation sites is 2. The van der Waals surface area contributed by atoms with E-state index in [9.17, 15) is 4.79 Å². The molecule has 3 heteroatoms. The van der Waals surface area contributed by atoms with Crippen LogP contribution in [0, 0.1) is 0 Å². The first-order chi connectivity index (χ1) is 9.20. The van der Waals surface area contributed by atoms with Crippen molar-refractivity contribution in [2.45, 2.75) is 13.3 Å². The molecule has 0 aromatic heterocycles. The highest BCUT2D eigenvalue weighted by molar-refractivity contribution is 5.97. The van der Waals surface area contributed by atoms with E-state index in [1.165, 1.54) is 5.56 Å².